The summed E-state index contributed by atoms with van der Waals surface area (Å²) in [5.74, 6) is 0.576. The standard InChI is InChI=1S/C17H23N5O2/c1-17(2,3)16(24)22-10-8-21(9-11-22)14-15(23)20(4)13-12(19-14)6-5-7-18-13/h5-7H,8-11H2,1-4H3. The van der Waals surface area contributed by atoms with Crippen LogP contribution in [-0.4, -0.2) is 51.5 Å². The van der Waals surface area contributed by atoms with Crippen molar-refractivity contribution in [2.45, 2.75) is 20.8 Å². The molecule has 1 aliphatic heterocycles. The Labute approximate surface area is 140 Å². The molecule has 0 saturated carbocycles. The maximum Gasteiger partial charge on any atom is 0.294 e. The van der Waals surface area contributed by atoms with Gasteiger partial charge in [-0.1, -0.05) is 20.8 Å². The van der Waals surface area contributed by atoms with E-state index in [1.807, 2.05) is 42.7 Å². The summed E-state index contributed by atoms with van der Waals surface area (Å²) in [6, 6.07) is 3.66. The van der Waals surface area contributed by atoms with E-state index in [1.165, 1.54) is 4.57 Å². The number of anilines is 1. The first-order chi connectivity index (χ1) is 11.3. The van der Waals surface area contributed by atoms with Crippen molar-refractivity contribution >= 4 is 22.9 Å². The molecule has 0 aromatic carbocycles. The third kappa shape index (κ3) is 2.86. The van der Waals surface area contributed by atoms with Gasteiger partial charge in [0.15, 0.2) is 11.5 Å². The van der Waals surface area contributed by atoms with Crippen LogP contribution in [0.1, 0.15) is 20.8 Å². The number of aromatic nitrogens is 3. The summed E-state index contributed by atoms with van der Waals surface area (Å²) < 4.78 is 1.53. The number of hydrogen-bond donors (Lipinski definition) is 0. The minimum absolute atomic E-state index is 0.144. The number of fused-ring (bicyclic) bond motifs is 1. The normalized spacial score (nSPS) is 15.8. The molecule has 2 aromatic heterocycles. The number of pyridine rings is 1. The predicted octanol–water partition coefficient (Wildman–Crippen LogP) is 1.02. The maximum absolute atomic E-state index is 12.6. The van der Waals surface area contributed by atoms with Crippen molar-refractivity contribution in [1.29, 1.82) is 0 Å². The molecular weight excluding hydrogens is 306 g/mol. The van der Waals surface area contributed by atoms with Gasteiger partial charge in [-0.3, -0.25) is 14.2 Å². The molecule has 1 amide bonds. The van der Waals surface area contributed by atoms with Crippen molar-refractivity contribution in [3.63, 3.8) is 0 Å². The second-order valence-electron chi connectivity index (χ2n) is 7.17. The van der Waals surface area contributed by atoms with Gasteiger partial charge in [-0.2, -0.15) is 0 Å². The molecule has 2 aromatic rings. The lowest BCUT2D eigenvalue weighted by Gasteiger charge is -2.37. The van der Waals surface area contributed by atoms with Gasteiger partial charge in [0.25, 0.3) is 5.56 Å². The van der Waals surface area contributed by atoms with Crippen LogP contribution in [0.3, 0.4) is 0 Å². The first-order valence-corrected chi connectivity index (χ1v) is 8.15. The Morgan fingerprint density at radius 2 is 1.83 bits per heavy atom. The molecule has 3 heterocycles. The van der Waals surface area contributed by atoms with Crippen LogP contribution < -0.4 is 10.5 Å². The second-order valence-corrected chi connectivity index (χ2v) is 7.17. The summed E-state index contributed by atoms with van der Waals surface area (Å²) in [6.07, 6.45) is 1.65. The lowest BCUT2D eigenvalue weighted by molar-refractivity contribution is -0.139. The van der Waals surface area contributed by atoms with E-state index >= 15 is 0 Å². The average Bonchev–Trinajstić information content (AvgIpc) is 2.57. The Balaban J connectivity index is 1.85. The van der Waals surface area contributed by atoms with Crippen LogP contribution in [0.5, 0.6) is 0 Å². The zero-order valence-electron chi connectivity index (χ0n) is 14.6. The largest absolute Gasteiger partial charge is 0.348 e. The number of nitrogens with zero attached hydrogens (tertiary/aromatic N) is 5. The number of amides is 1. The van der Waals surface area contributed by atoms with E-state index < -0.39 is 0 Å². The maximum atomic E-state index is 12.6. The molecule has 1 fully saturated rings. The van der Waals surface area contributed by atoms with Crippen molar-refractivity contribution in [2.24, 2.45) is 12.5 Å². The first-order valence-electron chi connectivity index (χ1n) is 8.15. The molecule has 0 unspecified atom stereocenters. The van der Waals surface area contributed by atoms with Gasteiger partial charge in [0.05, 0.1) is 0 Å². The van der Waals surface area contributed by atoms with Crippen LogP contribution in [0.2, 0.25) is 0 Å². The highest BCUT2D eigenvalue weighted by Gasteiger charge is 2.30. The van der Waals surface area contributed by atoms with Gasteiger partial charge in [0, 0.05) is 44.8 Å². The summed E-state index contributed by atoms with van der Waals surface area (Å²) in [5, 5.41) is 0. The van der Waals surface area contributed by atoms with E-state index in [9.17, 15) is 9.59 Å². The average molecular weight is 329 g/mol. The molecule has 1 saturated heterocycles. The van der Waals surface area contributed by atoms with Crippen LogP contribution in [0.15, 0.2) is 23.1 Å². The van der Waals surface area contributed by atoms with Gasteiger partial charge >= 0.3 is 0 Å². The van der Waals surface area contributed by atoms with Gasteiger partial charge in [0.1, 0.15) is 5.52 Å². The molecule has 0 aliphatic carbocycles. The monoisotopic (exact) mass is 329 g/mol. The van der Waals surface area contributed by atoms with Crippen LogP contribution in [0, 0.1) is 5.41 Å². The van der Waals surface area contributed by atoms with Gasteiger partial charge in [-0.25, -0.2) is 9.97 Å². The quantitative estimate of drug-likeness (QED) is 0.781. The molecule has 24 heavy (non-hydrogen) atoms. The van der Waals surface area contributed by atoms with E-state index in [0.717, 1.165) is 0 Å². The highest BCUT2D eigenvalue weighted by Crippen LogP contribution is 2.20. The van der Waals surface area contributed by atoms with Crippen molar-refractivity contribution in [3.8, 4) is 0 Å². The molecule has 0 spiro atoms. The van der Waals surface area contributed by atoms with Crippen LogP contribution in [-0.2, 0) is 11.8 Å². The molecule has 128 valence electrons. The van der Waals surface area contributed by atoms with Crippen LogP contribution in [0.25, 0.3) is 11.2 Å². The van der Waals surface area contributed by atoms with Crippen molar-refractivity contribution in [3.05, 3.63) is 28.7 Å². The number of carbonyl (C=O) groups excluding carboxylic acids is 1. The summed E-state index contributed by atoms with van der Waals surface area (Å²) >= 11 is 0. The number of piperazine rings is 1. The van der Waals surface area contributed by atoms with E-state index in [4.69, 9.17) is 0 Å². The summed E-state index contributed by atoms with van der Waals surface area (Å²) in [5.41, 5.74) is 0.734. The highest BCUT2D eigenvalue weighted by atomic mass is 16.2. The van der Waals surface area contributed by atoms with Gasteiger partial charge in [0.2, 0.25) is 5.91 Å². The molecule has 3 rings (SSSR count). The number of aryl methyl sites for hydroxylation is 1. The fraction of sp³-hybridized carbons (Fsp3) is 0.529. The highest BCUT2D eigenvalue weighted by molar-refractivity contribution is 5.81. The Hall–Kier alpha value is -2.44. The summed E-state index contributed by atoms with van der Waals surface area (Å²) in [7, 11) is 1.71. The first kappa shape index (κ1) is 16.4. The smallest absolute Gasteiger partial charge is 0.294 e. The third-order valence-electron chi connectivity index (χ3n) is 4.31. The SMILES string of the molecule is Cn1c(=O)c(N2CCN(C(=O)C(C)(C)C)CC2)nc2cccnc21. The molecule has 0 bridgehead atoms. The number of rotatable bonds is 1. The predicted molar refractivity (Wildman–Crippen MR) is 93.0 cm³/mol. The summed E-state index contributed by atoms with van der Waals surface area (Å²) in [6.45, 7) is 8.20. The molecule has 1 aliphatic rings. The second kappa shape index (κ2) is 5.89. The van der Waals surface area contributed by atoms with E-state index in [0.29, 0.717) is 43.2 Å². The van der Waals surface area contributed by atoms with Gasteiger partial charge in [-0.15, -0.1) is 0 Å². The molecular formula is C17H23N5O2. The summed E-state index contributed by atoms with van der Waals surface area (Å²) in [4.78, 5) is 37.5. The third-order valence-corrected chi connectivity index (χ3v) is 4.31. The lowest BCUT2D eigenvalue weighted by atomic mass is 9.94. The fourth-order valence-electron chi connectivity index (χ4n) is 2.94. The van der Waals surface area contributed by atoms with Crippen molar-refractivity contribution in [1.82, 2.24) is 19.4 Å². The van der Waals surface area contributed by atoms with Crippen LogP contribution in [0.4, 0.5) is 5.82 Å². The minimum Gasteiger partial charge on any atom is -0.348 e. The molecule has 7 nitrogen and oxygen atoms in total. The Morgan fingerprint density at radius 3 is 2.46 bits per heavy atom. The van der Waals surface area contributed by atoms with Gasteiger partial charge in [-0.05, 0) is 12.1 Å². The number of carbonyl (C=O) groups is 1. The molecule has 0 N–H and O–H groups in total. The van der Waals surface area contributed by atoms with E-state index in [2.05, 4.69) is 9.97 Å². The molecule has 0 radical (unpaired) electrons. The topological polar surface area (TPSA) is 71.3 Å². The number of hydrogen-bond acceptors (Lipinski definition) is 5. The van der Waals surface area contributed by atoms with E-state index in [-0.39, 0.29) is 16.9 Å². The fourth-order valence-corrected chi connectivity index (χ4v) is 2.94. The lowest BCUT2D eigenvalue weighted by Crippen LogP contribution is -2.53. The Morgan fingerprint density at radius 1 is 1.17 bits per heavy atom. The zero-order valence-corrected chi connectivity index (χ0v) is 14.6. The minimum atomic E-state index is -0.384. The Kier molecular flexibility index (Phi) is 4.03. The molecule has 7 heteroatoms. The van der Waals surface area contributed by atoms with Crippen molar-refractivity contribution < 1.29 is 4.79 Å². The zero-order chi connectivity index (χ0) is 17.5. The van der Waals surface area contributed by atoms with Crippen molar-refractivity contribution in [2.75, 3.05) is 31.1 Å². The van der Waals surface area contributed by atoms with E-state index in [1.54, 1.807) is 13.2 Å². The van der Waals surface area contributed by atoms with Gasteiger partial charge < -0.3 is 9.80 Å². The Bertz CT molecular complexity index is 829. The van der Waals surface area contributed by atoms with Crippen LogP contribution >= 0.6 is 0 Å². The molecule has 0 atom stereocenters.